The highest BCUT2D eigenvalue weighted by atomic mass is 19.4. The van der Waals surface area contributed by atoms with Crippen LogP contribution in [0.15, 0.2) is 121 Å². The van der Waals surface area contributed by atoms with Crippen molar-refractivity contribution in [3.8, 4) is 45.4 Å². The maximum Gasteiger partial charge on any atom is 0.416 e. The van der Waals surface area contributed by atoms with Crippen LogP contribution in [-0.4, -0.2) is 23.4 Å². The molecule has 0 aliphatic rings. The van der Waals surface area contributed by atoms with Crippen LogP contribution in [0.1, 0.15) is 22.5 Å². The largest absolute Gasteiger partial charge is 0.497 e. The minimum atomic E-state index is -4.33. The molecule has 0 radical (unpaired) electrons. The van der Waals surface area contributed by atoms with Gasteiger partial charge in [-0.25, -0.2) is 0 Å². The predicted octanol–water partition coefficient (Wildman–Crippen LogP) is 11.0. The monoisotopic (exact) mass is 662 g/mol. The second kappa shape index (κ2) is 13.8. The summed E-state index contributed by atoms with van der Waals surface area (Å²) in [6.07, 6.45) is -8.66. The zero-order chi connectivity index (χ0) is 34.6. The van der Waals surface area contributed by atoms with Crippen molar-refractivity contribution < 1.29 is 35.8 Å². The molecule has 0 fully saturated rings. The van der Waals surface area contributed by atoms with E-state index in [2.05, 4.69) is 0 Å². The van der Waals surface area contributed by atoms with Crippen molar-refractivity contribution >= 4 is 0 Å². The lowest BCUT2D eigenvalue weighted by atomic mass is 10.1. The third-order valence-electron chi connectivity index (χ3n) is 7.83. The molecule has 10 heteroatoms. The van der Waals surface area contributed by atoms with Gasteiger partial charge in [0.05, 0.1) is 36.7 Å². The number of aromatic nitrogens is 2. The summed E-state index contributed by atoms with van der Waals surface area (Å²) in [7, 11) is 3.20. The average molecular weight is 663 g/mol. The number of alkyl halides is 6. The number of hydrogen-bond donors (Lipinski definition) is 0. The van der Waals surface area contributed by atoms with Crippen molar-refractivity contribution in [3.63, 3.8) is 0 Å². The van der Waals surface area contributed by atoms with Gasteiger partial charge in [0.25, 0.3) is 0 Å². The molecule has 6 rings (SSSR count). The number of ether oxygens (including phenoxy) is 2. The van der Waals surface area contributed by atoms with E-state index in [4.69, 9.17) is 9.47 Å². The Bertz CT molecular complexity index is 1810. The number of halogens is 6. The molecule has 0 unspecified atom stereocenters. The molecule has 0 aliphatic carbocycles. The molecular weight excluding hydrogens is 630 g/mol. The van der Waals surface area contributed by atoms with Gasteiger partial charge >= 0.3 is 12.4 Å². The van der Waals surface area contributed by atoms with E-state index >= 15 is 0 Å². The summed E-state index contributed by atoms with van der Waals surface area (Å²) in [5.74, 6) is 1.51. The van der Waals surface area contributed by atoms with Gasteiger partial charge in [0, 0.05) is 22.8 Å². The van der Waals surface area contributed by atoms with Crippen LogP contribution in [0.5, 0.6) is 11.5 Å². The van der Waals surface area contributed by atoms with Crippen LogP contribution in [-0.2, 0) is 12.4 Å². The van der Waals surface area contributed by atoms with Gasteiger partial charge in [-0.15, -0.1) is 0 Å². The lowest BCUT2D eigenvalue weighted by molar-refractivity contribution is -0.138. The van der Waals surface area contributed by atoms with Crippen LogP contribution in [0.4, 0.5) is 26.3 Å². The van der Waals surface area contributed by atoms with Gasteiger partial charge in [-0.2, -0.15) is 26.3 Å². The number of methoxy groups -OCH3 is 2. The Labute approximate surface area is 274 Å². The van der Waals surface area contributed by atoms with Crippen molar-refractivity contribution in [1.29, 1.82) is 0 Å². The maximum atomic E-state index is 12.7. The maximum absolute atomic E-state index is 12.7. The molecule has 0 atom stereocenters. The first-order valence-corrected chi connectivity index (χ1v) is 14.8. The average Bonchev–Trinajstić information content (AvgIpc) is 3.66. The summed E-state index contributed by atoms with van der Waals surface area (Å²) in [4.78, 5) is 0. The Morgan fingerprint density at radius 2 is 0.729 bits per heavy atom. The Hall–Kier alpha value is -5.38. The van der Waals surface area contributed by atoms with E-state index in [0.717, 1.165) is 69.7 Å². The molecule has 0 spiro atoms. The quantitative estimate of drug-likeness (QED) is 0.166. The van der Waals surface area contributed by atoms with Crippen LogP contribution in [0, 0.1) is 13.8 Å². The summed E-state index contributed by atoms with van der Waals surface area (Å²) in [6.45, 7) is 3.84. The standard InChI is InChI=1S/2C19H16F3NO/c2*1-13-3-12-18(14-4-10-17(24-2)11-5-14)23(13)16-8-6-15(7-9-16)19(20,21)22/h2*3-12H,1-2H3. The zero-order valence-electron chi connectivity index (χ0n) is 26.5. The van der Waals surface area contributed by atoms with Crippen molar-refractivity contribution in [2.24, 2.45) is 0 Å². The number of benzene rings is 4. The molecule has 0 saturated heterocycles. The van der Waals surface area contributed by atoms with E-state index < -0.39 is 23.5 Å². The van der Waals surface area contributed by atoms with Crippen LogP contribution < -0.4 is 9.47 Å². The van der Waals surface area contributed by atoms with Gasteiger partial charge in [0.2, 0.25) is 0 Å². The summed E-state index contributed by atoms with van der Waals surface area (Å²) in [5.41, 5.74) is 5.72. The molecule has 248 valence electrons. The molecule has 2 heterocycles. The molecule has 48 heavy (non-hydrogen) atoms. The summed E-state index contributed by atoms with van der Waals surface area (Å²) in [6, 6.07) is 33.3. The highest BCUT2D eigenvalue weighted by molar-refractivity contribution is 5.66. The van der Waals surface area contributed by atoms with Crippen molar-refractivity contribution in [3.05, 3.63) is 144 Å². The Kier molecular flexibility index (Phi) is 9.74. The lowest BCUT2D eigenvalue weighted by Crippen LogP contribution is -2.05. The molecule has 6 aromatic rings. The molecule has 4 nitrogen and oxygen atoms in total. The first-order valence-electron chi connectivity index (χ1n) is 14.8. The predicted molar refractivity (Wildman–Crippen MR) is 175 cm³/mol. The first kappa shape index (κ1) is 34.0. The molecule has 2 aromatic heterocycles. The number of aryl methyl sites for hydroxylation is 2. The van der Waals surface area contributed by atoms with E-state index in [-0.39, 0.29) is 0 Å². The topological polar surface area (TPSA) is 28.3 Å². The Morgan fingerprint density at radius 1 is 0.417 bits per heavy atom. The van der Waals surface area contributed by atoms with Crippen LogP contribution in [0.3, 0.4) is 0 Å². The van der Waals surface area contributed by atoms with Gasteiger partial charge < -0.3 is 18.6 Å². The minimum Gasteiger partial charge on any atom is -0.497 e. The zero-order valence-corrected chi connectivity index (χ0v) is 26.5. The number of hydrogen-bond acceptors (Lipinski definition) is 2. The summed E-state index contributed by atoms with van der Waals surface area (Å²) in [5, 5.41) is 0. The SMILES string of the molecule is COc1ccc(-c2ccc(C)n2-c2ccc(C(F)(F)F)cc2)cc1.COc1ccc(-c2ccc(C)n2-c2ccc(C(F)(F)F)cc2)cc1. The van der Waals surface area contributed by atoms with Crippen LogP contribution in [0.2, 0.25) is 0 Å². The van der Waals surface area contributed by atoms with Gasteiger partial charge in [-0.3, -0.25) is 0 Å². The van der Waals surface area contributed by atoms with E-state index in [1.165, 1.54) is 24.3 Å². The van der Waals surface area contributed by atoms with Crippen LogP contribution in [0.25, 0.3) is 33.9 Å². The molecule has 0 N–H and O–H groups in total. The van der Waals surface area contributed by atoms with Crippen molar-refractivity contribution in [2.45, 2.75) is 26.2 Å². The number of rotatable bonds is 6. The Morgan fingerprint density at radius 3 is 1.00 bits per heavy atom. The lowest BCUT2D eigenvalue weighted by Gasteiger charge is -2.14. The fourth-order valence-corrected chi connectivity index (χ4v) is 5.34. The smallest absolute Gasteiger partial charge is 0.416 e. The third kappa shape index (κ3) is 7.43. The Balaban J connectivity index is 0.000000188. The summed E-state index contributed by atoms with van der Waals surface area (Å²) < 4.78 is 90.6. The van der Waals surface area contributed by atoms with E-state index in [0.29, 0.717) is 11.4 Å². The highest BCUT2D eigenvalue weighted by Crippen LogP contribution is 2.34. The number of nitrogens with zero attached hydrogens (tertiary/aromatic N) is 2. The summed E-state index contributed by atoms with van der Waals surface area (Å²) >= 11 is 0. The van der Waals surface area contributed by atoms with Gasteiger partial charge in [-0.1, -0.05) is 0 Å². The second-order valence-electron chi connectivity index (χ2n) is 10.9. The van der Waals surface area contributed by atoms with Crippen LogP contribution >= 0.6 is 0 Å². The molecule has 0 amide bonds. The fourth-order valence-electron chi connectivity index (χ4n) is 5.34. The minimum absolute atomic E-state index is 0.651. The molecule has 4 aromatic carbocycles. The van der Waals surface area contributed by atoms with Crippen molar-refractivity contribution in [2.75, 3.05) is 14.2 Å². The highest BCUT2D eigenvalue weighted by Gasteiger charge is 2.31. The third-order valence-corrected chi connectivity index (χ3v) is 7.83. The second-order valence-corrected chi connectivity index (χ2v) is 10.9. The molecular formula is C38H32F6N2O2. The van der Waals surface area contributed by atoms with E-state index in [9.17, 15) is 26.3 Å². The van der Waals surface area contributed by atoms with Gasteiger partial charge in [-0.05, 0) is 146 Å². The normalized spacial score (nSPS) is 11.5. The van der Waals surface area contributed by atoms with Gasteiger partial charge in [0.1, 0.15) is 11.5 Å². The van der Waals surface area contributed by atoms with Gasteiger partial charge in [0.15, 0.2) is 0 Å². The molecule has 0 aliphatic heterocycles. The van der Waals surface area contributed by atoms with E-state index in [1.54, 1.807) is 14.2 Å². The molecule has 0 bridgehead atoms. The van der Waals surface area contributed by atoms with E-state index in [1.807, 2.05) is 95.8 Å². The fraction of sp³-hybridized carbons (Fsp3) is 0.158. The van der Waals surface area contributed by atoms with Crippen molar-refractivity contribution in [1.82, 2.24) is 9.13 Å². The molecule has 0 saturated carbocycles. The first-order chi connectivity index (χ1) is 22.8.